The Kier molecular flexibility index (Phi) is 9.05. The molecule has 0 radical (unpaired) electrons. The second kappa shape index (κ2) is 12.3. The van der Waals surface area contributed by atoms with Crippen molar-refractivity contribution in [2.45, 2.75) is 38.5 Å². The fourth-order valence-corrected chi connectivity index (χ4v) is 6.57. The molecule has 3 aromatic carbocycles. The van der Waals surface area contributed by atoms with Gasteiger partial charge in [0.2, 0.25) is 5.58 Å². The number of aromatic nitrogens is 1. The maximum absolute atomic E-state index is 11.7. The van der Waals surface area contributed by atoms with E-state index in [-0.39, 0.29) is 25.9 Å². The van der Waals surface area contributed by atoms with E-state index < -0.39 is 31.2 Å². The number of aryl methyl sites for hydroxylation is 1. The maximum Gasteiger partial charge on any atom is 0.374 e. The Balaban J connectivity index is 1.58. The average Bonchev–Trinajstić information content (AvgIpc) is 3.40. The molecule has 0 saturated heterocycles. The summed E-state index contributed by atoms with van der Waals surface area (Å²) in [6, 6.07) is 15.1. The number of halogens is 2. The molecule has 0 saturated carbocycles. The molecule has 234 valence electrons. The molecule has 1 aromatic heterocycles. The van der Waals surface area contributed by atoms with E-state index in [1.165, 1.54) is 6.92 Å². The van der Waals surface area contributed by atoms with Gasteiger partial charge in [-0.25, -0.2) is 0 Å². The molecule has 0 aliphatic carbocycles. The lowest BCUT2D eigenvalue weighted by Gasteiger charge is -2.24. The van der Waals surface area contributed by atoms with Crippen molar-refractivity contribution >= 4 is 82.8 Å². The molecule has 0 spiro atoms. The van der Waals surface area contributed by atoms with Crippen LogP contribution < -0.4 is 14.4 Å². The number of rotatable bonds is 10. The summed E-state index contributed by atoms with van der Waals surface area (Å²) in [7, 11) is -6.50. The van der Waals surface area contributed by atoms with Gasteiger partial charge in [0.05, 0.1) is 43.9 Å². The van der Waals surface area contributed by atoms with Gasteiger partial charge in [0.15, 0.2) is 6.54 Å². The second-order valence-electron chi connectivity index (χ2n) is 10.8. The minimum absolute atomic E-state index is 0.150. The lowest BCUT2D eigenvalue weighted by molar-refractivity contribution is -0.677. The van der Waals surface area contributed by atoms with E-state index in [4.69, 9.17) is 27.6 Å². The van der Waals surface area contributed by atoms with Crippen LogP contribution in [0.15, 0.2) is 70.4 Å². The van der Waals surface area contributed by atoms with Gasteiger partial charge >= 0.3 is 5.89 Å². The number of nitrogens with zero attached hydrogens (tertiary/aromatic N) is 3. The van der Waals surface area contributed by atoms with Crippen molar-refractivity contribution in [2.24, 2.45) is 0 Å². The Morgan fingerprint density at radius 1 is 1.05 bits per heavy atom. The van der Waals surface area contributed by atoms with E-state index in [1.54, 1.807) is 12.1 Å². The summed E-state index contributed by atoms with van der Waals surface area (Å²) in [5, 5.41) is 1.67. The molecule has 44 heavy (non-hydrogen) atoms. The zero-order chi connectivity index (χ0) is 32.0. The molecule has 14 heteroatoms. The van der Waals surface area contributed by atoms with E-state index in [9.17, 15) is 25.9 Å². The van der Waals surface area contributed by atoms with E-state index in [0.717, 1.165) is 33.2 Å². The number of fused-ring (bicyclic) bond motifs is 4. The summed E-state index contributed by atoms with van der Waals surface area (Å²) in [6.07, 6.45) is 4.07. The van der Waals surface area contributed by atoms with Gasteiger partial charge in [-0.05, 0) is 61.6 Å². The van der Waals surface area contributed by atoms with Crippen LogP contribution in [0.3, 0.4) is 0 Å². The Morgan fingerprint density at radius 3 is 2.41 bits per heavy atom. The van der Waals surface area contributed by atoms with Gasteiger partial charge in [-0.2, -0.15) is 21.4 Å². The van der Waals surface area contributed by atoms with E-state index in [0.29, 0.717) is 27.3 Å². The predicted molar refractivity (Wildman–Crippen MR) is 175 cm³/mol. The third-order valence-electron chi connectivity index (χ3n) is 7.66. The van der Waals surface area contributed by atoms with Crippen molar-refractivity contribution in [3.8, 4) is 0 Å². The average molecular weight is 682 g/mol. The number of oxazole rings is 1. The number of allylic oxidation sites excluding steroid dienone is 2. The standard InChI is InChI=1S/C30H31Cl2N3O7S2/c1-19(15-28-33(3)25-17-23(31)24(32)18-26(25)34(28)13-11-20(2)44(39,40)41)16-29-35(12-6-14-43(36,37)38)30-22-8-5-4-7-21(22)9-10-27(30)42-29/h4-5,7-10,15-18,20H,6,11-14H2,1-3H3,(H-,36,37,38,39,40,41)/p+1. The first-order chi connectivity index (χ1) is 20.6. The van der Waals surface area contributed by atoms with Crippen LogP contribution in [0.5, 0.6) is 0 Å². The fourth-order valence-electron chi connectivity index (χ4n) is 5.36. The van der Waals surface area contributed by atoms with Gasteiger partial charge in [0, 0.05) is 20.0 Å². The second-order valence-corrected chi connectivity index (χ2v) is 15.1. The van der Waals surface area contributed by atoms with Crippen molar-refractivity contribution < 1.29 is 34.9 Å². The van der Waals surface area contributed by atoms with Crippen LogP contribution in [0, 0.1) is 0 Å². The molecule has 10 nitrogen and oxygen atoms in total. The first-order valence-corrected chi connectivity index (χ1v) is 17.7. The lowest BCUT2D eigenvalue weighted by atomic mass is 10.1. The first-order valence-electron chi connectivity index (χ1n) is 13.8. The number of anilines is 2. The first kappa shape index (κ1) is 32.3. The number of hydrogen-bond donors (Lipinski definition) is 2. The number of hydrogen-bond acceptors (Lipinski definition) is 7. The Morgan fingerprint density at radius 2 is 1.73 bits per heavy atom. The summed E-state index contributed by atoms with van der Waals surface area (Å²) in [4.78, 5) is 3.84. The molecule has 0 fully saturated rings. The molecule has 0 amide bonds. The largest absolute Gasteiger partial charge is 0.398 e. The van der Waals surface area contributed by atoms with Gasteiger partial charge in [-0.3, -0.25) is 9.11 Å². The summed E-state index contributed by atoms with van der Waals surface area (Å²) in [5.74, 6) is 0.806. The minimum Gasteiger partial charge on any atom is -0.398 e. The fraction of sp³-hybridized carbons (Fsp3) is 0.300. The normalized spacial score (nSPS) is 16.0. The third-order valence-corrected chi connectivity index (χ3v) is 10.4. The molecule has 2 heterocycles. The lowest BCUT2D eigenvalue weighted by Crippen LogP contribution is -2.36. The highest BCUT2D eigenvalue weighted by Crippen LogP contribution is 2.45. The van der Waals surface area contributed by atoms with Crippen LogP contribution in [-0.4, -0.2) is 50.5 Å². The van der Waals surface area contributed by atoms with Crippen molar-refractivity contribution in [1.29, 1.82) is 0 Å². The van der Waals surface area contributed by atoms with Gasteiger partial charge in [-0.1, -0.05) is 47.5 Å². The minimum atomic E-state index is -4.22. The van der Waals surface area contributed by atoms with Crippen molar-refractivity contribution in [3.05, 3.63) is 81.9 Å². The molecule has 1 unspecified atom stereocenters. The van der Waals surface area contributed by atoms with E-state index >= 15 is 0 Å². The topological polar surface area (TPSA) is 132 Å². The highest BCUT2D eigenvalue weighted by atomic mass is 35.5. The van der Waals surface area contributed by atoms with Crippen LogP contribution in [0.4, 0.5) is 11.4 Å². The molecule has 1 atom stereocenters. The van der Waals surface area contributed by atoms with Crippen molar-refractivity contribution in [3.63, 3.8) is 0 Å². The maximum atomic E-state index is 11.7. The van der Waals surface area contributed by atoms with E-state index in [2.05, 4.69) is 0 Å². The Bertz CT molecular complexity index is 2040. The third kappa shape index (κ3) is 6.75. The smallest absolute Gasteiger partial charge is 0.374 e. The molecule has 1 aliphatic rings. The van der Waals surface area contributed by atoms with Crippen LogP contribution >= 0.6 is 23.2 Å². The zero-order valence-corrected chi connectivity index (χ0v) is 27.4. The van der Waals surface area contributed by atoms with Crippen molar-refractivity contribution in [2.75, 3.05) is 29.1 Å². The van der Waals surface area contributed by atoms with Gasteiger partial charge in [0.1, 0.15) is 5.82 Å². The molecule has 1 aliphatic heterocycles. The summed E-state index contributed by atoms with van der Waals surface area (Å²) in [6.45, 7) is 3.88. The van der Waals surface area contributed by atoms with E-state index in [1.807, 2.05) is 76.9 Å². The molecule has 4 aromatic rings. The van der Waals surface area contributed by atoms with Crippen LogP contribution in [0.25, 0.3) is 27.9 Å². The monoisotopic (exact) mass is 680 g/mol. The zero-order valence-electron chi connectivity index (χ0n) is 24.2. The van der Waals surface area contributed by atoms with Crippen LogP contribution in [0.2, 0.25) is 10.0 Å². The highest BCUT2D eigenvalue weighted by molar-refractivity contribution is 7.86. The Hall–Kier alpha value is -3.13. The van der Waals surface area contributed by atoms with Crippen molar-refractivity contribution in [1.82, 2.24) is 0 Å². The van der Waals surface area contributed by atoms with Crippen LogP contribution in [-0.2, 0) is 26.8 Å². The predicted octanol–water partition coefficient (Wildman–Crippen LogP) is 6.33. The summed E-state index contributed by atoms with van der Waals surface area (Å²) < 4.78 is 73.5. The van der Waals surface area contributed by atoms with Gasteiger partial charge in [0.25, 0.3) is 25.8 Å². The Labute approximate surface area is 266 Å². The summed E-state index contributed by atoms with van der Waals surface area (Å²) >= 11 is 12.7. The molecule has 2 N–H and O–H groups in total. The molecular formula is C30H32Cl2N3O7S2+. The highest BCUT2D eigenvalue weighted by Gasteiger charge is 2.32. The summed E-state index contributed by atoms with van der Waals surface area (Å²) in [5.41, 5.74) is 3.71. The quantitative estimate of drug-likeness (QED) is 0.146. The molecular weight excluding hydrogens is 649 g/mol. The SMILES string of the molecule is CC(=Cc1oc2ccc3ccccc3c2[n+]1CCCS(=O)(=O)O)C=C1N(C)c2cc(Cl)c(Cl)cc2N1CCC(C)S(=O)(=O)O. The number of benzene rings is 3. The molecule has 5 rings (SSSR count). The van der Waals surface area contributed by atoms with Gasteiger partial charge in [-0.15, -0.1) is 0 Å². The van der Waals surface area contributed by atoms with Crippen LogP contribution in [0.1, 0.15) is 32.6 Å². The molecule has 0 bridgehead atoms. The van der Waals surface area contributed by atoms with Gasteiger partial charge < -0.3 is 14.2 Å².